The molecule has 0 bridgehead atoms. The van der Waals surface area contributed by atoms with Crippen LogP contribution in [0.4, 0.5) is 11.5 Å². The number of aromatic nitrogens is 1. The highest BCUT2D eigenvalue weighted by atomic mass is 16.5. The molecule has 1 aromatic heterocycles. The van der Waals surface area contributed by atoms with E-state index in [1.807, 2.05) is 23.2 Å². The minimum atomic E-state index is -0.133. The summed E-state index contributed by atoms with van der Waals surface area (Å²) in [7, 11) is 1.69. The third kappa shape index (κ3) is 6.28. The monoisotopic (exact) mass is 536 g/mol. The summed E-state index contributed by atoms with van der Waals surface area (Å²) >= 11 is 0. The summed E-state index contributed by atoms with van der Waals surface area (Å²) in [5.74, 6) is 1.68. The number of hydrogen-bond acceptors (Lipinski definition) is 5. The normalized spacial score (nSPS) is 13.9. The zero-order chi connectivity index (χ0) is 28.3. The first kappa shape index (κ1) is 27.7. The van der Waals surface area contributed by atoms with Crippen LogP contribution in [0.15, 0.2) is 72.9 Å². The van der Waals surface area contributed by atoms with Gasteiger partial charge in [0.05, 0.1) is 13.7 Å². The molecule has 6 heteroatoms. The summed E-state index contributed by atoms with van der Waals surface area (Å²) < 4.78 is 5.42. The first-order chi connectivity index (χ1) is 19.2. The van der Waals surface area contributed by atoms with Crippen LogP contribution in [0.25, 0.3) is 21.9 Å². The minimum absolute atomic E-state index is 0.0773. The molecule has 1 saturated heterocycles. The predicted molar refractivity (Wildman–Crippen MR) is 165 cm³/mol. The number of amides is 1. The summed E-state index contributed by atoms with van der Waals surface area (Å²) in [4.78, 5) is 22.8. The van der Waals surface area contributed by atoms with E-state index in [4.69, 9.17) is 9.72 Å². The molecule has 1 aliphatic rings. The summed E-state index contributed by atoms with van der Waals surface area (Å²) in [6.45, 7) is 12.8. The van der Waals surface area contributed by atoms with E-state index in [2.05, 4.69) is 92.5 Å². The van der Waals surface area contributed by atoms with Crippen molar-refractivity contribution in [2.24, 2.45) is 5.41 Å². The van der Waals surface area contributed by atoms with E-state index in [0.717, 1.165) is 65.0 Å². The molecule has 208 valence electrons. The third-order valence-corrected chi connectivity index (χ3v) is 7.47. The van der Waals surface area contributed by atoms with Crippen molar-refractivity contribution < 1.29 is 9.53 Å². The third-order valence-electron chi connectivity index (χ3n) is 7.47. The van der Waals surface area contributed by atoms with Crippen LogP contribution in [-0.4, -0.2) is 44.2 Å². The van der Waals surface area contributed by atoms with E-state index < -0.39 is 0 Å². The standard InChI is InChI=1S/C34H40N4O2/c1-24-20-27(10-13-31(24)40-5)26-8-6-25(7-9-26)23-38(32(39)22-34(2,3)4)33-30-12-11-29(21-28(30)14-15-36-33)37-18-16-35-17-19-37/h6-15,20-21,35H,16-19,22-23H2,1-5H3. The molecule has 0 radical (unpaired) electrons. The van der Waals surface area contributed by atoms with Crippen molar-refractivity contribution in [1.29, 1.82) is 0 Å². The Morgan fingerprint density at radius 3 is 2.38 bits per heavy atom. The molecule has 0 unspecified atom stereocenters. The summed E-state index contributed by atoms with van der Waals surface area (Å²) in [5, 5.41) is 5.51. The van der Waals surface area contributed by atoms with Gasteiger partial charge in [0.15, 0.2) is 0 Å². The van der Waals surface area contributed by atoms with Gasteiger partial charge in [-0.25, -0.2) is 4.98 Å². The highest BCUT2D eigenvalue weighted by Crippen LogP contribution is 2.32. The van der Waals surface area contributed by atoms with Crippen LogP contribution in [0.1, 0.15) is 38.3 Å². The molecule has 4 aromatic rings. The fourth-order valence-electron chi connectivity index (χ4n) is 5.36. The second-order valence-corrected chi connectivity index (χ2v) is 11.9. The maximum absolute atomic E-state index is 13.8. The van der Waals surface area contributed by atoms with Crippen LogP contribution < -0.4 is 19.9 Å². The van der Waals surface area contributed by atoms with Gasteiger partial charge in [-0.1, -0.05) is 51.1 Å². The van der Waals surface area contributed by atoms with E-state index in [0.29, 0.717) is 18.8 Å². The van der Waals surface area contributed by atoms with Crippen molar-refractivity contribution in [2.75, 3.05) is 43.1 Å². The number of carbonyl (C=O) groups excluding carboxylic acids is 1. The molecule has 1 amide bonds. The number of methoxy groups -OCH3 is 1. The second-order valence-electron chi connectivity index (χ2n) is 11.9. The predicted octanol–water partition coefficient (Wildman–Crippen LogP) is 6.60. The van der Waals surface area contributed by atoms with Gasteiger partial charge < -0.3 is 15.0 Å². The number of nitrogens with one attached hydrogen (secondary N) is 1. The lowest BCUT2D eigenvalue weighted by atomic mass is 9.91. The van der Waals surface area contributed by atoms with Crippen LogP contribution in [0, 0.1) is 12.3 Å². The minimum Gasteiger partial charge on any atom is -0.496 e. The highest BCUT2D eigenvalue weighted by molar-refractivity contribution is 6.03. The fraction of sp³-hybridized carbons (Fsp3) is 0.353. The highest BCUT2D eigenvalue weighted by Gasteiger charge is 2.25. The number of piperazine rings is 1. The molecule has 5 rings (SSSR count). The molecule has 6 nitrogen and oxygen atoms in total. The molecule has 1 N–H and O–H groups in total. The van der Waals surface area contributed by atoms with Crippen LogP contribution in [0.3, 0.4) is 0 Å². The Hall–Kier alpha value is -3.90. The molecule has 2 heterocycles. The second kappa shape index (κ2) is 11.7. The first-order valence-corrected chi connectivity index (χ1v) is 14.1. The molecular formula is C34H40N4O2. The van der Waals surface area contributed by atoms with Crippen molar-refractivity contribution in [1.82, 2.24) is 10.3 Å². The smallest absolute Gasteiger partial charge is 0.229 e. The molecule has 0 spiro atoms. The van der Waals surface area contributed by atoms with E-state index in [-0.39, 0.29) is 11.3 Å². The molecule has 1 aliphatic heterocycles. The lowest BCUT2D eigenvalue weighted by Gasteiger charge is -2.30. The Morgan fingerprint density at radius 2 is 1.70 bits per heavy atom. The van der Waals surface area contributed by atoms with Crippen LogP contribution >= 0.6 is 0 Å². The number of carbonyl (C=O) groups is 1. The van der Waals surface area contributed by atoms with Gasteiger partial charge in [-0.2, -0.15) is 0 Å². The number of pyridine rings is 1. The van der Waals surface area contributed by atoms with Crippen molar-refractivity contribution >= 4 is 28.2 Å². The summed E-state index contributed by atoms with van der Waals surface area (Å²) in [5.41, 5.74) is 5.51. The molecule has 0 aliphatic carbocycles. The lowest BCUT2D eigenvalue weighted by Crippen LogP contribution is -2.43. The SMILES string of the molecule is COc1ccc(-c2ccc(CN(C(=O)CC(C)(C)C)c3nccc4cc(N5CCNCC5)ccc34)cc2)cc1C. The molecule has 0 saturated carbocycles. The molecule has 1 fully saturated rings. The zero-order valence-corrected chi connectivity index (χ0v) is 24.3. The number of rotatable bonds is 7. The van der Waals surface area contributed by atoms with E-state index in [9.17, 15) is 4.79 Å². The van der Waals surface area contributed by atoms with Gasteiger partial charge in [-0.3, -0.25) is 9.69 Å². The van der Waals surface area contributed by atoms with E-state index in [1.54, 1.807) is 7.11 Å². The van der Waals surface area contributed by atoms with Gasteiger partial charge in [0, 0.05) is 49.9 Å². The van der Waals surface area contributed by atoms with Crippen molar-refractivity contribution in [3.63, 3.8) is 0 Å². The van der Waals surface area contributed by atoms with Crippen LogP contribution in [-0.2, 0) is 11.3 Å². The quantitative estimate of drug-likeness (QED) is 0.288. The molecular weight excluding hydrogens is 496 g/mol. The number of ether oxygens (including phenoxy) is 1. The molecule has 3 aromatic carbocycles. The summed E-state index contributed by atoms with van der Waals surface area (Å²) in [6, 6.07) is 23.3. The van der Waals surface area contributed by atoms with E-state index in [1.165, 1.54) is 5.69 Å². The number of nitrogens with zero attached hydrogens (tertiary/aromatic N) is 3. The van der Waals surface area contributed by atoms with E-state index >= 15 is 0 Å². The Morgan fingerprint density at radius 1 is 0.975 bits per heavy atom. The number of benzene rings is 3. The Kier molecular flexibility index (Phi) is 8.08. The van der Waals surface area contributed by atoms with Gasteiger partial charge in [0.1, 0.15) is 11.6 Å². The van der Waals surface area contributed by atoms with Crippen LogP contribution in [0.5, 0.6) is 5.75 Å². The average molecular weight is 537 g/mol. The maximum Gasteiger partial charge on any atom is 0.229 e. The molecule has 40 heavy (non-hydrogen) atoms. The largest absolute Gasteiger partial charge is 0.496 e. The lowest BCUT2D eigenvalue weighted by molar-refractivity contribution is -0.120. The number of fused-ring (bicyclic) bond motifs is 1. The van der Waals surface area contributed by atoms with Crippen molar-refractivity contribution in [3.05, 3.63) is 84.1 Å². The number of anilines is 2. The van der Waals surface area contributed by atoms with Crippen molar-refractivity contribution in [2.45, 2.75) is 40.7 Å². The first-order valence-electron chi connectivity index (χ1n) is 14.1. The number of hydrogen-bond donors (Lipinski definition) is 1. The van der Waals surface area contributed by atoms with Gasteiger partial charge in [0.25, 0.3) is 0 Å². The maximum atomic E-state index is 13.8. The average Bonchev–Trinajstić information content (AvgIpc) is 2.95. The Bertz CT molecular complexity index is 1480. The Labute approximate surface area is 238 Å². The number of aryl methyl sites for hydroxylation is 1. The summed E-state index contributed by atoms with van der Waals surface area (Å²) in [6.07, 6.45) is 2.26. The van der Waals surface area contributed by atoms with Crippen molar-refractivity contribution in [3.8, 4) is 16.9 Å². The van der Waals surface area contributed by atoms with Gasteiger partial charge in [-0.15, -0.1) is 0 Å². The van der Waals surface area contributed by atoms with Gasteiger partial charge in [0.2, 0.25) is 5.91 Å². The Balaban J connectivity index is 1.46. The van der Waals surface area contributed by atoms with Gasteiger partial charge >= 0.3 is 0 Å². The van der Waals surface area contributed by atoms with Gasteiger partial charge in [-0.05, 0) is 76.4 Å². The van der Waals surface area contributed by atoms with Crippen LogP contribution in [0.2, 0.25) is 0 Å². The topological polar surface area (TPSA) is 57.7 Å². The molecule has 0 atom stereocenters. The fourth-order valence-corrected chi connectivity index (χ4v) is 5.36. The zero-order valence-electron chi connectivity index (χ0n) is 24.3.